The molecule has 9 nitrogen and oxygen atoms in total. The monoisotopic (exact) mass is 480 g/mol. The molecule has 0 saturated heterocycles. The minimum atomic E-state index is -0.975. The molecule has 0 radical (unpaired) electrons. The van der Waals surface area contributed by atoms with Gasteiger partial charge < -0.3 is 19.8 Å². The zero-order chi connectivity index (χ0) is 24.1. The van der Waals surface area contributed by atoms with Crippen LogP contribution in [0.5, 0.6) is 0 Å². The second-order valence-electron chi connectivity index (χ2n) is 7.88. The quantitative estimate of drug-likeness (QED) is 0.296. The first-order valence-electron chi connectivity index (χ1n) is 10.9. The third-order valence-electron chi connectivity index (χ3n) is 5.23. The number of esters is 1. The summed E-state index contributed by atoms with van der Waals surface area (Å²) in [5.41, 5.74) is 0.851. The lowest BCUT2D eigenvalue weighted by Crippen LogP contribution is -2.34. The van der Waals surface area contributed by atoms with Gasteiger partial charge in [0, 0.05) is 11.4 Å². The summed E-state index contributed by atoms with van der Waals surface area (Å²) in [5.74, 6) is -1.99. The number of hydrogen-bond donors (Lipinski definition) is 3. The molecule has 1 saturated carbocycles. The van der Waals surface area contributed by atoms with Crippen LogP contribution in [0.15, 0.2) is 52.3 Å². The second kappa shape index (κ2) is 10.4. The van der Waals surface area contributed by atoms with Crippen molar-refractivity contribution in [1.29, 1.82) is 5.41 Å². The van der Waals surface area contributed by atoms with E-state index in [2.05, 4.69) is 15.6 Å². The van der Waals surface area contributed by atoms with Gasteiger partial charge in [0.05, 0.1) is 5.92 Å². The number of carbonyl (C=O) groups excluding carboxylic acids is 3. The molecule has 0 spiro atoms. The van der Waals surface area contributed by atoms with E-state index >= 15 is 0 Å². The number of thiazole rings is 1. The Kier molecular flexibility index (Phi) is 7.17. The predicted molar refractivity (Wildman–Crippen MR) is 127 cm³/mol. The smallest absolute Gasteiger partial charge is 0.353 e. The summed E-state index contributed by atoms with van der Waals surface area (Å²) in [6.45, 7) is 1.74. The predicted octanol–water partition coefficient (Wildman–Crippen LogP) is 4.02. The summed E-state index contributed by atoms with van der Waals surface area (Å²) in [6.07, 6.45) is 2.21. The summed E-state index contributed by atoms with van der Waals surface area (Å²) in [6, 6.07) is 12.6. The normalized spacial score (nSPS) is 13.7. The molecule has 4 rings (SSSR count). The number of amides is 2. The van der Waals surface area contributed by atoms with Crippen LogP contribution in [0.2, 0.25) is 0 Å². The molecule has 1 aromatic carbocycles. The molecule has 0 aliphatic heterocycles. The van der Waals surface area contributed by atoms with Gasteiger partial charge in [-0.1, -0.05) is 37.3 Å². The van der Waals surface area contributed by atoms with Gasteiger partial charge in [0.2, 0.25) is 5.91 Å². The summed E-state index contributed by atoms with van der Waals surface area (Å²) in [4.78, 5) is 41.5. The zero-order valence-corrected chi connectivity index (χ0v) is 19.3. The van der Waals surface area contributed by atoms with Crippen molar-refractivity contribution in [2.75, 3.05) is 5.32 Å². The fourth-order valence-electron chi connectivity index (χ4n) is 3.18. The van der Waals surface area contributed by atoms with Gasteiger partial charge in [-0.25, -0.2) is 9.78 Å². The average molecular weight is 481 g/mol. The van der Waals surface area contributed by atoms with Gasteiger partial charge in [-0.05, 0) is 37.0 Å². The van der Waals surface area contributed by atoms with Crippen LogP contribution in [-0.4, -0.2) is 34.5 Å². The lowest BCUT2D eigenvalue weighted by Gasteiger charge is -2.14. The molecule has 2 aromatic heterocycles. The molecule has 10 heteroatoms. The van der Waals surface area contributed by atoms with Gasteiger partial charge in [-0.3, -0.25) is 15.0 Å². The van der Waals surface area contributed by atoms with Gasteiger partial charge in [0.25, 0.3) is 5.91 Å². The van der Waals surface area contributed by atoms with E-state index in [4.69, 9.17) is 14.6 Å². The lowest BCUT2D eigenvalue weighted by atomic mass is 9.99. The van der Waals surface area contributed by atoms with Crippen LogP contribution < -0.4 is 10.6 Å². The van der Waals surface area contributed by atoms with E-state index in [1.54, 1.807) is 24.4 Å². The van der Waals surface area contributed by atoms with Gasteiger partial charge in [-0.2, -0.15) is 0 Å². The Balaban J connectivity index is 1.34. The maximum absolute atomic E-state index is 12.7. The Hall–Kier alpha value is -3.79. The van der Waals surface area contributed by atoms with Crippen molar-refractivity contribution in [3.05, 3.63) is 59.2 Å². The molecular formula is C24H24N4O5S. The molecule has 34 heavy (non-hydrogen) atoms. The number of nitrogens with zero attached hydrogens (tertiary/aromatic N) is 1. The zero-order valence-electron chi connectivity index (χ0n) is 18.5. The number of benzene rings is 1. The highest BCUT2D eigenvalue weighted by Crippen LogP contribution is 2.28. The number of carbonyl (C=O) groups is 3. The third kappa shape index (κ3) is 5.76. The fraction of sp³-hybridized carbons (Fsp3) is 0.292. The number of rotatable bonds is 10. The Morgan fingerprint density at radius 2 is 1.97 bits per heavy atom. The highest BCUT2D eigenvalue weighted by molar-refractivity contribution is 7.14. The summed E-state index contributed by atoms with van der Waals surface area (Å²) >= 11 is 1.18. The van der Waals surface area contributed by atoms with Crippen LogP contribution in [0.1, 0.15) is 42.3 Å². The number of anilines is 1. The summed E-state index contributed by atoms with van der Waals surface area (Å²) < 4.78 is 10.8. The van der Waals surface area contributed by atoms with E-state index in [-0.39, 0.29) is 30.7 Å². The van der Waals surface area contributed by atoms with E-state index in [1.165, 1.54) is 11.3 Å². The maximum atomic E-state index is 12.7. The van der Waals surface area contributed by atoms with E-state index in [9.17, 15) is 14.4 Å². The van der Waals surface area contributed by atoms with Crippen LogP contribution in [0.25, 0.3) is 11.5 Å². The molecule has 1 atom stereocenters. The Labute approximate surface area is 200 Å². The van der Waals surface area contributed by atoms with Crippen LogP contribution >= 0.6 is 11.3 Å². The molecule has 3 N–H and O–H groups in total. The first kappa shape index (κ1) is 23.4. The van der Waals surface area contributed by atoms with Crippen molar-refractivity contribution in [2.24, 2.45) is 5.92 Å². The number of furan rings is 1. The molecule has 2 amide bonds. The molecule has 176 valence electrons. The van der Waals surface area contributed by atoms with E-state index in [0.717, 1.165) is 18.4 Å². The van der Waals surface area contributed by atoms with E-state index in [0.29, 0.717) is 16.6 Å². The molecule has 1 aliphatic rings. The largest absolute Gasteiger partial charge is 0.456 e. The van der Waals surface area contributed by atoms with Crippen molar-refractivity contribution in [1.82, 2.24) is 10.3 Å². The number of hydrogen-bond acceptors (Lipinski definition) is 8. The molecular weight excluding hydrogens is 456 g/mol. The number of nitrogens with one attached hydrogen (secondary N) is 3. The van der Waals surface area contributed by atoms with Crippen LogP contribution in [-0.2, 0) is 20.9 Å². The Morgan fingerprint density at radius 3 is 2.68 bits per heavy atom. The third-order valence-corrected chi connectivity index (χ3v) is 5.99. The molecule has 1 aliphatic carbocycles. The molecule has 0 bridgehead atoms. The summed E-state index contributed by atoms with van der Waals surface area (Å²) in [7, 11) is 0. The van der Waals surface area contributed by atoms with Crippen molar-refractivity contribution in [2.45, 2.75) is 38.8 Å². The molecule has 1 fully saturated rings. The van der Waals surface area contributed by atoms with Gasteiger partial charge in [0.1, 0.15) is 18.0 Å². The molecule has 2 heterocycles. The summed E-state index contributed by atoms with van der Waals surface area (Å²) in [5, 5.41) is 15.6. The standard InChI is InChI=1S/C24H24N4O5S/c1-2-16(20(25)23(31)32-12-14-6-4-3-5-7-14)21(29)28-24-27-17(13-34-24)18-10-11-19(33-18)22(30)26-15-8-9-15/h3-7,10-11,13,15-16,25H,2,8-9,12H2,1H3,(H,26,30)(H,27,28,29)/t16-/m0/s1. The van der Waals surface area contributed by atoms with Crippen molar-refractivity contribution < 1.29 is 23.5 Å². The Morgan fingerprint density at radius 1 is 1.21 bits per heavy atom. The average Bonchev–Trinajstić information content (AvgIpc) is 3.31. The van der Waals surface area contributed by atoms with Gasteiger partial charge >= 0.3 is 5.97 Å². The Bertz CT molecular complexity index is 1200. The van der Waals surface area contributed by atoms with Crippen molar-refractivity contribution >= 4 is 40.0 Å². The van der Waals surface area contributed by atoms with Crippen LogP contribution in [0.3, 0.4) is 0 Å². The van der Waals surface area contributed by atoms with Gasteiger partial charge in [0.15, 0.2) is 16.7 Å². The number of ether oxygens (including phenoxy) is 1. The molecule has 3 aromatic rings. The van der Waals surface area contributed by atoms with Gasteiger partial charge in [-0.15, -0.1) is 11.3 Å². The van der Waals surface area contributed by atoms with E-state index in [1.807, 2.05) is 30.3 Å². The first-order chi connectivity index (χ1) is 16.4. The topological polar surface area (TPSA) is 134 Å². The lowest BCUT2D eigenvalue weighted by molar-refractivity contribution is -0.137. The minimum Gasteiger partial charge on any atom is -0.456 e. The SMILES string of the molecule is CC[C@@H](C(=N)C(=O)OCc1ccccc1)C(=O)Nc1nc(-c2ccc(C(=O)NC3CC3)o2)cs1. The highest BCUT2D eigenvalue weighted by atomic mass is 32.1. The van der Waals surface area contributed by atoms with E-state index < -0.39 is 23.5 Å². The van der Waals surface area contributed by atoms with Crippen molar-refractivity contribution in [3.8, 4) is 11.5 Å². The van der Waals surface area contributed by atoms with Crippen LogP contribution in [0, 0.1) is 11.3 Å². The molecule has 0 unspecified atom stereocenters. The minimum absolute atomic E-state index is 0.0275. The second-order valence-corrected chi connectivity index (χ2v) is 8.73. The van der Waals surface area contributed by atoms with Crippen molar-refractivity contribution in [3.63, 3.8) is 0 Å². The maximum Gasteiger partial charge on any atom is 0.353 e. The number of aromatic nitrogens is 1. The first-order valence-corrected chi connectivity index (χ1v) is 11.8. The fourth-order valence-corrected chi connectivity index (χ4v) is 3.89. The highest BCUT2D eigenvalue weighted by Gasteiger charge is 2.29. The van der Waals surface area contributed by atoms with Crippen LogP contribution in [0.4, 0.5) is 5.13 Å².